The number of hydrogen-bond donors (Lipinski definition) is 1. The van der Waals surface area contributed by atoms with Crippen molar-refractivity contribution < 1.29 is 9.90 Å². The summed E-state index contributed by atoms with van der Waals surface area (Å²) in [5.74, 6) is 0.231. The maximum Gasteiger partial charge on any atom is 0.307 e. The predicted octanol–water partition coefficient (Wildman–Crippen LogP) is 0.659. The summed E-state index contributed by atoms with van der Waals surface area (Å²) in [5.41, 5.74) is 0. The van der Waals surface area contributed by atoms with Gasteiger partial charge in [0.05, 0.1) is 5.92 Å². The van der Waals surface area contributed by atoms with Crippen molar-refractivity contribution in [2.45, 2.75) is 12.8 Å². The smallest absolute Gasteiger partial charge is 0.307 e. The van der Waals surface area contributed by atoms with Crippen molar-refractivity contribution in [1.82, 2.24) is 4.90 Å². The van der Waals surface area contributed by atoms with Gasteiger partial charge in [0.25, 0.3) is 0 Å². The third-order valence-corrected chi connectivity index (χ3v) is 3.30. The average Bonchev–Trinajstić information content (AvgIpc) is 2.24. The molecule has 1 saturated heterocycles. The normalized spacial score (nSPS) is 41.6. The van der Waals surface area contributed by atoms with Gasteiger partial charge in [-0.2, -0.15) is 0 Å². The zero-order valence-electron chi connectivity index (χ0n) is 7.36. The zero-order chi connectivity index (χ0) is 8.72. The minimum absolute atomic E-state index is 0.0406. The maximum atomic E-state index is 10.9. The standard InChI is InChI=1S/C9H15NO2/c1-10-4-6-2-3-7(5-10)8(6)9(11)12/h6-8H,2-5H2,1H3,(H,11,12). The quantitative estimate of drug-likeness (QED) is 0.627. The van der Waals surface area contributed by atoms with Gasteiger partial charge in [-0.15, -0.1) is 0 Å². The Morgan fingerprint density at radius 1 is 1.33 bits per heavy atom. The van der Waals surface area contributed by atoms with Crippen molar-refractivity contribution >= 4 is 5.97 Å². The second kappa shape index (κ2) is 2.73. The number of nitrogens with zero attached hydrogens (tertiary/aromatic N) is 1. The highest BCUT2D eigenvalue weighted by atomic mass is 16.4. The lowest BCUT2D eigenvalue weighted by atomic mass is 9.85. The van der Waals surface area contributed by atoms with Crippen LogP contribution in [0.3, 0.4) is 0 Å². The molecule has 2 aliphatic rings. The number of carboxylic acid groups (broad SMARTS) is 1. The molecule has 2 atom stereocenters. The van der Waals surface area contributed by atoms with Crippen LogP contribution in [0.2, 0.25) is 0 Å². The molecule has 2 unspecified atom stereocenters. The average molecular weight is 169 g/mol. The van der Waals surface area contributed by atoms with E-state index in [-0.39, 0.29) is 5.92 Å². The van der Waals surface area contributed by atoms with Gasteiger partial charge in [0, 0.05) is 13.1 Å². The summed E-state index contributed by atoms with van der Waals surface area (Å²) in [6.45, 7) is 1.96. The van der Waals surface area contributed by atoms with Gasteiger partial charge in [0.15, 0.2) is 0 Å². The van der Waals surface area contributed by atoms with E-state index in [2.05, 4.69) is 11.9 Å². The molecule has 12 heavy (non-hydrogen) atoms. The fourth-order valence-electron chi connectivity index (χ4n) is 2.86. The molecular formula is C9H15NO2. The Morgan fingerprint density at radius 2 is 1.83 bits per heavy atom. The molecule has 2 rings (SSSR count). The molecular weight excluding hydrogens is 154 g/mol. The fourth-order valence-corrected chi connectivity index (χ4v) is 2.86. The molecule has 1 saturated carbocycles. The minimum Gasteiger partial charge on any atom is -0.481 e. The third-order valence-electron chi connectivity index (χ3n) is 3.30. The molecule has 3 nitrogen and oxygen atoms in total. The van der Waals surface area contributed by atoms with Gasteiger partial charge >= 0.3 is 5.97 Å². The number of carboxylic acids is 1. The first-order valence-electron chi connectivity index (χ1n) is 4.60. The Hall–Kier alpha value is -0.570. The Kier molecular flexibility index (Phi) is 1.83. The third kappa shape index (κ3) is 1.12. The van der Waals surface area contributed by atoms with Crippen LogP contribution in [0.5, 0.6) is 0 Å². The van der Waals surface area contributed by atoms with Crippen molar-refractivity contribution in [2.75, 3.05) is 20.1 Å². The Labute approximate surface area is 72.4 Å². The van der Waals surface area contributed by atoms with Crippen molar-refractivity contribution in [1.29, 1.82) is 0 Å². The van der Waals surface area contributed by atoms with E-state index in [1.165, 1.54) is 0 Å². The first-order valence-corrected chi connectivity index (χ1v) is 4.60. The molecule has 1 heterocycles. The molecule has 2 bridgehead atoms. The van der Waals surface area contributed by atoms with Gasteiger partial charge in [-0.3, -0.25) is 4.79 Å². The number of rotatable bonds is 1. The molecule has 1 N–H and O–H groups in total. The van der Waals surface area contributed by atoms with Crippen molar-refractivity contribution in [3.05, 3.63) is 0 Å². The van der Waals surface area contributed by atoms with Gasteiger partial charge in [0.2, 0.25) is 0 Å². The van der Waals surface area contributed by atoms with Crippen LogP contribution in [-0.2, 0) is 4.79 Å². The highest BCUT2D eigenvalue weighted by molar-refractivity contribution is 5.71. The van der Waals surface area contributed by atoms with E-state index < -0.39 is 5.97 Å². The van der Waals surface area contributed by atoms with Gasteiger partial charge in [-0.25, -0.2) is 0 Å². The van der Waals surface area contributed by atoms with Crippen LogP contribution in [0.15, 0.2) is 0 Å². The summed E-state index contributed by atoms with van der Waals surface area (Å²) in [6, 6.07) is 0. The van der Waals surface area contributed by atoms with Crippen LogP contribution >= 0.6 is 0 Å². The molecule has 0 spiro atoms. The van der Waals surface area contributed by atoms with E-state index in [0.29, 0.717) is 11.8 Å². The highest BCUT2D eigenvalue weighted by Crippen LogP contribution is 2.41. The summed E-state index contributed by atoms with van der Waals surface area (Å²) < 4.78 is 0. The van der Waals surface area contributed by atoms with Crippen LogP contribution in [-0.4, -0.2) is 36.1 Å². The second-order valence-electron chi connectivity index (χ2n) is 4.18. The Bertz CT molecular complexity index is 191. The van der Waals surface area contributed by atoms with E-state index in [9.17, 15) is 4.79 Å². The topological polar surface area (TPSA) is 40.5 Å². The van der Waals surface area contributed by atoms with Crippen LogP contribution < -0.4 is 0 Å². The SMILES string of the molecule is CN1CC2CCC(C1)C2C(=O)O. The maximum absolute atomic E-state index is 10.9. The lowest BCUT2D eigenvalue weighted by Crippen LogP contribution is -2.42. The predicted molar refractivity (Wildman–Crippen MR) is 44.8 cm³/mol. The van der Waals surface area contributed by atoms with Gasteiger partial charge < -0.3 is 10.0 Å². The number of aliphatic carboxylic acids is 1. The van der Waals surface area contributed by atoms with Gasteiger partial charge in [-0.1, -0.05) is 0 Å². The molecule has 2 fully saturated rings. The first-order chi connectivity index (χ1) is 5.68. The van der Waals surface area contributed by atoms with Crippen molar-refractivity contribution in [3.63, 3.8) is 0 Å². The molecule has 3 heteroatoms. The summed E-state index contributed by atoms with van der Waals surface area (Å²) in [7, 11) is 2.09. The molecule has 0 aromatic carbocycles. The van der Waals surface area contributed by atoms with Gasteiger partial charge in [-0.05, 0) is 31.7 Å². The van der Waals surface area contributed by atoms with Gasteiger partial charge in [0.1, 0.15) is 0 Å². The lowest BCUT2D eigenvalue weighted by molar-refractivity contribution is -0.146. The summed E-state index contributed by atoms with van der Waals surface area (Å²) in [6.07, 6.45) is 2.23. The second-order valence-corrected chi connectivity index (χ2v) is 4.18. The largest absolute Gasteiger partial charge is 0.481 e. The molecule has 0 aromatic heterocycles. The number of likely N-dealkylation sites (tertiary alicyclic amines) is 1. The first kappa shape index (κ1) is 8.05. The van der Waals surface area contributed by atoms with E-state index >= 15 is 0 Å². The monoisotopic (exact) mass is 169 g/mol. The minimum atomic E-state index is -0.574. The van der Waals surface area contributed by atoms with Crippen LogP contribution in [0.1, 0.15) is 12.8 Å². The Balaban J connectivity index is 2.14. The van der Waals surface area contributed by atoms with Crippen molar-refractivity contribution in [2.24, 2.45) is 17.8 Å². The summed E-state index contributed by atoms with van der Waals surface area (Å²) in [4.78, 5) is 13.2. The van der Waals surface area contributed by atoms with E-state index in [1.54, 1.807) is 0 Å². The van der Waals surface area contributed by atoms with Crippen LogP contribution in [0.25, 0.3) is 0 Å². The number of hydrogen-bond acceptors (Lipinski definition) is 2. The summed E-state index contributed by atoms with van der Waals surface area (Å²) in [5, 5.41) is 8.99. The Morgan fingerprint density at radius 3 is 2.25 bits per heavy atom. The number of fused-ring (bicyclic) bond motifs is 2. The number of carbonyl (C=O) groups is 1. The molecule has 68 valence electrons. The number of piperidine rings is 1. The van der Waals surface area contributed by atoms with E-state index in [0.717, 1.165) is 25.9 Å². The molecule has 0 radical (unpaired) electrons. The van der Waals surface area contributed by atoms with Crippen LogP contribution in [0.4, 0.5) is 0 Å². The van der Waals surface area contributed by atoms with Crippen LogP contribution in [0, 0.1) is 17.8 Å². The van der Waals surface area contributed by atoms with E-state index in [1.807, 2.05) is 0 Å². The molecule has 0 aromatic rings. The van der Waals surface area contributed by atoms with E-state index in [4.69, 9.17) is 5.11 Å². The highest BCUT2D eigenvalue weighted by Gasteiger charge is 2.44. The fraction of sp³-hybridized carbons (Fsp3) is 0.889. The lowest BCUT2D eigenvalue weighted by Gasteiger charge is -2.33. The van der Waals surface area contributed by atoms with Crippen molar-refractivity contribution in [3.8, 4) is 0 Å². The molecule has 1 aliphatic heterocycles. The zero-order valence-corrected chi connectivity index (χ0v) is 7.36. The summed E-state index contributed by atoms with van der Waals surface area (Å²) >= 11 is 0. The molecule has 1 aliphatic carbocycles. The molecule has 0 amide bonds.